The van der Waals surface area contributed by atoms with Gasteiger partial charge < -0.3 is 19.5 Å². The lowest BCUT2D eigenvalue weighted by atomic mass is 10.0. The molecule has 0 bridgehead atoms. The van der Waals surface area contributed by atoms with E-state index in [4.69, 9.17) is 20.9 Å². The molecule has 11 heteroatoms. The van der Waals surface area contributed by atoms with Gasteiger partial charge in [0.25, 0.3) is 5.88 Å². The Bertz CT molecular complexity index is 1170. The fourth-order valence-electron chi connectivity index (χ4n) is 3.04. The van der Waals surface area contributed by atoms with Gasteiger partial charge in [0.1, 0.15) is 5.82 Å². The number of nitrogens with one attached hydrogen (secondary N) is 1. The van der Waals surface area contributed by atoms with Gasteiger partial charge in [-0.25, -0.2) is 14.2 Å². The Morgan fingerprint density at radius 2 is 1.94 bits per heavy atom. The summed E-state index contributed by atoms with van der Waals surface area (Å²) in [6.07, 6.45) is -2.08. The molecule has 0 aliphatic rings. The van der Waals surface area contributed by atoms with Crippen molar-refractivity contribution in [3.05, 3.63) is 70.7 Å². The van der Waals surface area contributed by atoms with Gasteiger partial charge in [-0.3, -0.25) is 10.2 Å². The molecule has 1 heterocycles. The third kappa shape index (κ3) is 6.77. The summed E-state index contributed by atoms with van der Waals surface area (Å²) in [5.74, 6) is -3.12. The molecule has 0 aliphatic heterocycles. The van der Waals surface area contributed by atoms with Crippen molar-refractivity contribution < 1.29 is 33.5 Å². The number of hydrogen-bond acceptors (Lipinski definition) is 8. The molecule has 34 heavy (non-hydrogen) atoms. The number of benzene rings is 2. The number of aromatic hydroxyl groups is 1. The van der Waals surface area contributed by atoms with Gasteiger partial charge >= 0.3 is 11.9 Å². The molecule has 1 aromatic heterocycles. The van der Waals surface area contributed by atoms with E-state index in [2.05, 4.69) is 10.6 Å². The van der Waals surface area contributed by atoms with Crippen molar-refractivity contribution in [3.8, 4) is 17.0 Å². The van der Waals surface area contributed by atoms with Crippen LogP contribution in [-0.2, 0) is 16.1 Å². The summed E-state index contributed by atoms with van der Waals surface area (Å²) < 4.78 is 24.6. The molecule has 180 valence electrons. The van der Waals surface area contributed by atoms with E-state index in [0.717, 1.165) is 16.6 Å². The van der Waals surface area contributed by atoms with Crippen LogP contribution in [0.2, 0.25) is 5.02 Å². The van der Waals surface area contributed by atoms with Crippen LogP contribution >= 0.6 is 11.6 Å². The number of aliphatic hydroxyl groups is 1. The number of hydrazine groups is 1. The number of aliphatic hydroxyl groups excluding tert-OH is 1. The molecular formula is C23H23ClFN3O6. The molecule has 0 saturated carbocycles. The number of amides is 1. The van der Waals surface area contributed by atoms with E-state index >= 15 is 0 Å². The molecule has 0 aliphatic carbocycles. The minimum absolute atomic E-state index is 0.177. The second-order valence-corrected chi connectivity index (χ2v) is 8.13. The molecule has 0 saturated heterocycles. The molecule has 2 aromatic carbocycles. The van der Waals surface area contributed by atoms with Crippen LogP contribution in [0.4, 0.5) is 4.39 Å². The molecule has 0 radical (unpaired) electrons. The van der Waals surface area contributed by atoms with Gasteiger partial charge in [0.15, 0.2) is 6.10 Å². The van der Waals surface area contributed by atoms with Crippen molar-refractivity contribution in [3.63, 3.8) is 0 Å². The fourth-order valence-corrected chi connectivity index (χ4v) is 3.23. The molecular weight excluding hydrogens is 469 g/mol. The van der Waals surface area contributed by atoms with E-state index in [1.54, 1.807) is 44.2 Å². The number of esters is 1. The number of halogens is 2. The zero-order chi connectivity index (χ0) is 24.8. The largest absolute Gasteiger partial charge is 0.491 e. The Morgan fingerprint density at radius 3 is 2.56 bits per heavy atom. The maximum atomic E-state index is 14.9. The summed E-state index contributed by atoms with van der Waals surface area (Å²) in [6, 6.07) is 12.4. The summed E-state index contributed by atoms with van der Waals surface area (Å²) >= 11 is 6.01. The quantitative estimate of drug-likeness (QED) is 0.307. The van der Waals surface area contributed by atoms with Crippen molar-refractivity contribution in [2.45, 2.75) is 32.6 Å². The highest BCUT2D eigenvalue weighted by molar-refractivity contribution is 6.30. The van der Waals surface area contributed by atoms with Crippen LogP contribution in [0.25, 0.3) is 11.1 Å². The molecule has 0 spiro atoms. The number of carbonyl (C=O) groups excluding carboxylic acids is 2. The second-order valence-electron chi connectivity index (χ2n) is 7.69. The summed E-state index contributed by atoms with van der Waals surface area (Å²) in [5.41, 5.74) is 3.91. The molecule has 3 aromatic rings. The first-order valence-electron chi connectivity index (χ1n) is 10.3. The first kappa shape index (κ1) is 25.2. The molecule has 0 fully saturated rings. The predicted octanol–water partition coefficient (Wildman–Crippen LogP) is 3.30. The third-order valence-corrected chi connectivity index (χ3v) is 4.81. The van der Waals surface area contributed by atoms with Crippen molar-refractivity contribution in [2.75, 3.05) is 6.54 Å². The van der Waals surface area contributed by atoms with Gasteiger partial charge in [0.2, 0.25) is 5.76 Å². The number of aromatic nitrogens is 1. The predicted molar refractivity (Wildman–Crippen MR) is 120 cm³/mol. The molecule has 3 rings (SSSR count). The van der Waals surface area contributed by atoms with Gasteiger partial charge in [-0.1, -0.05) is 35.9 Å². The van der Waals surface area contributed by atoms with E-state index in [1.165, 1.54) is 12.1 Å². The SMILES string of the molecule is CC(C)OC(=O)C(O)CN(Cc1ccc(-c2cccc(Cl)c2)cc1F)NC(=O)c1cc(O)no1. The Kier molecular flexibility index (Phi) is 8.21. The summed E-state index contributed by atoms with van der Waals surface area (Å²) in [7, 11) is 0. The average molecular weight is 492 g/mol. The van der Waals surface area contributed by atoms with Gasteiger partial charge in [0.05, 0.1) is 18.7 Å². The van der Waals surface area contributed by atoms with Crippen molar-refractivity contribution in [1.29, 1.82) is 0 Å². The summed E-state index contributed by atoms with van der Waals surface area (Å²) in [6.45, 7) is 2.63. The third-order valence-electron chi connectivity index (χ3n) is 4.57. The summed E-state index contributed by atoms with van der Waals surface area (Å²) in [4.78, 5) is 24.5. The summed E-state index contributed by atoms with van der Waals surface area (Å²) in [5, 5.41) is 24.4. The van der Waals surface area contributed by atoms with Gasteiger partial charge in [-0.15, -0.1) is 0 Å². The number of ether oxygens (including phenoxy) is 1. The zero-order valence-electron chi connectivity index (χ0n) is 18.4. The average Bonchev–Trinajstić information content (AvgIpc) is 3.21. The minimum atomic E-state index is -1.63. The lowest BCUT2D eigenvalue weighted by Gasteiger charge is -2.25. The Hall–Kier alpha value is -3.47. The van der Waals surface area contributed by atoms with Gasteiger partial charge in [-0.05, 0) is 48.3 Å². The van der Waals surface area contributed by atoms with Crippen LogP contribution in [0.15, 0.2) is 53.1 Å². The molecule has 1 unspecified atom stereocenters. The zero-order valence-corrected chi connectivity index (χ0v) is 19.1. The maximum absolute atomic E-state index is 14.9. The van der Waals surface area contributed by atoms with Crippen LogP contribution in [0.3, 0.4) is 0 Å². The number of hydrogen-bond donors (Lipinski definition) is 3. The van der Waals surface area contributed by atoms with Crippen LogP contribution in [0.1, 0.15) is 30.0 Å². The Labute approximate surface area is 199 Å². The molecule has 1 atom stereocenters. The topological polar surface area (TPSA) is 125 Å². The maximum Gasteiger partial charge on any atom is 0.336 e. The first-order chi connectivity index (χ1) is 16.1. The van der Waals surface area contributed by atoms with Gasteiger partial charge in [0, 0.05) is 17.1 Å². The van der Waals surface area contributed by atoms with Crippen molar-refractivity contribution >= 4 is 23.5 Å². The standard InChI is InChI=1S/C23H23ClFN3O6/c1-13(2)33-23(32)19(29)12-28(26-22(31)20-10-21(30)27-34-20)11-16-7-6-15(9-18(16)25)14-4-3-5-17(24)8-14/h3-10,13,19,29H,11-12H2,1-2H3,(H,26,31)(H,27,30). The highest BCUT2D eigenvalue weighted by Gasteiger charge is 2.25. The minimum Gasteiger partial charge on any atom is -0.491 e. The second kappa shape index (κ2) is 11.1. The normalized spacial score (nSPS) is 12.1. The number of rotatable bonds is 9. The smallest absolute Gasteiger partial charge is 0.336 e. The van der Waals surface area contributed by atoms with Crippen molar-refractivity contribution in [2.24, 2.45) is 0 Å². The van der Waals surface area contributed by atoms with E-state index < -0.39 is 42.3 Å². The van der Waals surface area contributed by atoms with E-state index in [-0.39, 0.29) is 17.9 Å². The van der Waals surface area contributed by atoms with E-state index in [0.29, 0.717) is 10.6 Å². The highest BCUT2D eigenvalue weighted by Crippen LogP contribution is 2.25. The number of nitrogens with zero attached hydrogens (tertiary/aromatic N) is 2. The van der Waals surface area contributed by atoms with Gasteiger partial charge in [-0.2, -0.15) is 0 Å². The van der Waals surface area contributed by atoms with Crippen LogP contribution < -0.4 is 5.43 Å². The van der Waals surface area contributed by atoms with E-state index in [1.807, 2.05) is 0 Å². The number of carbonyl (C=O) groups is 2. The first-order valence-corrected chi connectivity index (χ1v) is 10.6. The Morgan fingerprint density at radius 1 is 1.21 bits per heavy atom. The monoisotopic (exact) mass is 491 g/mol. The molecule has 1 amide bonds. The lowest BCUT2D eigenvalue weighted by Crippen LogP contribution is -2.47. The van der Waals surface area contributed by atoms with Crippen LogP contribution in [0.5, 0.6) is 5.88 Å². The molecule has 3 N–H and O–H groups in total. The van der Waals surface area contributed by atoms with Crippen molar-refractivity contribution in [1.82, 2.24) is 15.6 Å². The highest BCUT2D eigenvalue weighted by atomic mass is 35.5. The van der Waals surface area contributed by atoms with Crippen LogP contribution in [0, 0.1) is 5.82 Å². The fraction of sp³-hybridized carbons (Fsp3) is 0.261. The molecule has 9 nitrogen and oxygen atoms in total. The van der Waals surface area contributed by atoms with E-state index in [9.17, 15) is 24.2 Å². The lowest BCUT2D eigenvalue weighted by molar-refractivity contribution is -0.158. The van der Waals surface area contributed by atoms with Crippen LogP contribution in [-0.4, -0.2) is 51.0 Å². The Balaban J connectivity index is 1.80.